The summed E-state index contributed by atoms with van der Waals surface area (Å²) in [5.74, 6) is -2.27. The van der Waals surface area contributed by atoms with Crippen molar-refractivity contribution >= 4 is 21.7 Å². The Kier molecular flexibility index (Phi) is 4.35. The summed E-state index contributed by atoms with van der Waals surface area (Å²) in [6.07, 6.45) is 0.840. The molecule has 0 atom stereocenters. The largest absolute Gasteiger partial charge is 0.294 e. The number of allylic oxidation sites excluding steroid dienone is 1. The van der Waals surface area contributed by atoms with Gasteiger partial charge >= 0.3 is 0 Å². The van der Waals surface area contributed by atoms with Crippen LogP contribution < -0.4 is 0 Å². The van der Waals surface area contributed by atoms with Crippen LogP contribution in [0.5, 0.6) is 0 Å². The molecule has 16 heavy (non-hydrogen) atoms. The minimum absolute atomic E-state index is 0.124. The lowest BCUT2D eigenvalue weighted by molar-refractivity contribution is 0.0991. The standard InChI is InChI=1S/C12H11BrF2O/c1-3-7(2)6-10(16)8-4-5-9(14)12(15)11(8)13/h4-5H,2-3,6H2,1H3. The predicted molar refractivity (Wildman–Crippen MR) is 62.4 cm³/mol. The van der Waals surface area contributed by atoms with E-state index in [1.807, 2.05) is 6.92 Å². The molecule has 0 aliphatic rings. The predicted octanol–water partition coefficient (Wildman–Crippen LogP) is 4.27. The highest BCUT2D eigenvalue weighted by molar-refractivity contribution is 9.10. The highest BCUT2D eigenvalue weighted by Crippen LogP contribution is 2.25. The van der Waals surface area contributed by atoms with Crippen LogP contribution in [0.2, 0.25) is 0 Å². The van der Waals surface area contributed by atoms with E-state index < -0.39 is 11.6 Å². The molecular weight excluding hydrogens is 278 g/mol. The van der Waals surface area contributed by atoms with E-state index in [1.165, 1.54) is 6.07 Å². The van der Waals surface area contributed by atoms with Gasteiger partial charge in [0.25, 0.3) is 0 Å². The Morgan fingerprint density at radius 2 is 2.06 bits per heavy atom. The molecule has 86 valence electrons. The fourth-order valence-electron chi connectivity index (χ4n) is 1.19. The van der Waals surface area contributed by atoms with Crippen LogP contribution in [0.3, 0.4) is 0 Å². The fourth-order valence-corrected chi connectivity index (χ4v) is 1.73. The van der Waals surface area contributed by atoms with Crippen molar-refractivity contribution in [2.75, 3.05) is 0 Å². The maximum absolute atomic E-state index is 13.2. The molecule has 0 aromatic heterocycles. The molecule has 0 aliphatic carbocycles. The average molecular weight is 289 g/mol. The summed E-state index contributed by atoms with van der Waals surface area (Å²) in [7, 11) is 0. The number of carbonyl (C=O) groups excluding carboxylic acids is 1. The van der Waals surface area contributed by atoms with Gasteiger partial charge < -0.3 is 0 Å². The van der Waals surface area contributed by atoms with Crippen LogP contribution in [0.15, 0.2) is 28.8 Å². The molecule has 1 rings (SSSR count). The molecule has 0 fully saturated rings. The number of rotatable bonds is 4. The van der Waals surface area contributed by atoms with Crippen LogP contribution in [0.4, 0.5) is 8.78 Å². The zero-order chi connectivity index (χ0) is 12.3. The minimum Gasteiger partial charge on any atom is -0.294 e. The summed E-state index contributed by atoms with van der Waals surface area (Å²) < 4.78 is 25.9. The lowest BCUT2D eigenvalue weighted by Crippen LogP contribution is -2.03. The van der Waals surface area contributed by atoms with Crippen LogP contribution in [0.25, 0.3) is 0 Å². The van der Waals surface area contributed by atoms with Crippen molar-refractivity contribution in [2.45, 2.75) is 19.8 Å². The monoisotopic (exact) mass is 288 g/mol. The van der Waals surface area contributed by atoms with Gasteiger partial charge in [-0.05, 0) is 34.5 Å². The lowest BCUT2D eigenvalue weighted by atomic mass is 10.0. The quantitative estimate of drug-likeness (QED) is 0.459. The molecule has 1 aromatic rings. The van der Waals surface area contributed by atoms with Crippen molar-refractivity contribution in [3.05, 3.63) is 46.0 Å². The van der Waals surface area contributed by atoms with Crippen molar-refractivity contribution in [2.24, 2.45) is 0 Å². The molecule has 0 heterocycles. The van der Waals surface area contributed by atoms with E-state index in [1.54, 1.807) is 0 Å². The van der Waals surface area contributed by atoms with Gasteiger partial charge in [-0.15, -0.1) is 0 Å². The van der Waals surface area contributed by atoms with Crippen molar-refractivity contribution in [1.29, 1.82) is 0 Å². The number of ketones is 1. The van der Waals surface area contributed by atoms with Gasteiger partial charge in [0.1, 0.15) is 0 Å². The molecule has 0 saturated heterocycles. The van der Waals surface area contributed by atoms with Crippen molar-refractivity contribution in [3.8, 4) is 0 Å². The van der Waals surface area contributed by atoms with E-state index in [0.29, 0.717) is 6.42 Å². The Morgan fingerprint density at radius 3 is 2.62 bits per heavy atom. The zero-order valence-electron chi connectivity index (χ0n) is 8.82. The van der Waals surface area contributed by atoms with Crippen LogP contribution >= 0.6 is 15.9 Å². The topological polar surface area (TPSA) is 17.1 Å². The van der Waals surface area contributed by atoms with Gasteiger partial charge in [-0.3, -0.25) is 4.79 Å². The van der Waals surface area contributed by atoms with Gasteiger partial charge in [-0.1, -0.05) is 19.1 Å². The molecule has 0 spiro atoms. The molecule has 0 aliphatic heterocycles. The molecule has 0 N–H and O–H groups in total. The SMILES string of the molecule is C=C(CC)CC(=O)c1ccc(F)c(F)c1Br. The van der Waals surface area contributed by atoms with Gasteiger partial charge in [0.05, 0.1) is 4.47 Å². The molecule has 0 saturated carbocycles. The third kappa shape index (κ3) is 2.76. The highest BCUT2D eigenvalue weighted by Gasteiger charge is 2.16. The molecule has 0 amide bonds. The second kappa shape index (κ2) is 5.34. The smallest absolute Gasteiger partial charge is 0.173 e. The maximum Gasteiger partial charge on any atom is 0.173 e. The molecule has 1 nitrogen and oxygen atoms in total. The van der Waals surface area contributed by atoms with Gasteiger partial charge in [0.15, 0.2) is 17.4 Å². The highest BCUT2D eigenvalue weighted by atomic mass is 79.9. The average Bonchev–Trinajstić information content (AvgIpc) is 2.25. The van der Waals surface area contributed by atoms with E-state index in [0.717, 1.165) is 11.6 Å². The van der Waals surface area contributed by atoms with Crippen LogP contribution in [0.1, 0.15) is 30.1 Å². The number of hydrogen-bond donors (Lipinski definition) is 0. The summed E-state index contributed by atoms with van der Waals surface area (Å²) >= 11 is 2.88. The van der Waals surface area contributed by atoms with Gasteiger partial charge in [-0.2, -0.15) is 0 Å². The summed E-state index contributed by atoms with van der Waals surface area (Å²) in [5, 5.41) is 0. The second-order valence-corrected chi connectivity index (χ2v) is 4.22. The number of Topliss-reactive ketones (excluding diaryl/α,β-unsaturated/α-hetero) is 1. The molecule has 0 unspecified atom stereocenters. The minimum atomic E-state index is -1.03. The van der Waals surface area contributed by atoms with Gasteiger partial charge in [-0.25, -0.2) is 8.78 Å². The zero-order valence-corrected chi connectivity index (χ0v) is 10.4. The molecule has 1 aromatic carbocycles. The van der Waals surface area contributed by atoms with Gasteiger partial charge in [0, 0.05) is 12.0 Å². The Labute approximate surface area is 101 Å². The summed E-state index contributed by atoms with van der Waals surface area (Å²) in [6.45, 7) is 5.59. The first kappa shape index (κ1) is 13.0. The normalized spacial score (nSPS) is 10.2. The first-order chi connectivity index (χ1) is 7.47. The van der Waals surface area contributed by atoms with E-state index >= 15 is 0 Å². The van der Waals surface area contributed by atoms with Crippen molar-refractivity contribution in [3.63, 3.8) is 0 Å². The number of hydrogen-bond acceptors (Lipinski definition) is 1. The van der Waals surface area contributed by atoms with E-state index in [-0.39, 0.29) is 22.2 Å². The Hall–Kier alpha value is -1.03. The summed E-state index contributed by atoms with van der Waals surface area (Å²) in [6, 6.07) is 2.22. The second-order valence-electron chi connectivity index (χ2n) is 3.43. The number of halogens is 3. The third-order valence-corrected chi connectivity index (χ3v) is 3.02. The molecule has 4 heteroatoms. The fraction of sp³-hybridized carbons (Fsp3) is 0.250. The number of benzene rings is 1. The Bertz CT molecular complexity index is 441. The van der Waals surface area contributed by atoms with Crippen LogP contribution in [-0.2, 0) is 0 Å². The summed E-state index contributed by atoms with van der Waals surface area (Å²) in [4.78, 5) is 11.7. The Morgan fingerprint density at radius 1 is 1.44 bits per heavy atom. The lowest BCUT2D eigenvalue weighted by Gasteiger charge is -2.06. The molecule has 0 bridgehead atoms. The molecule has 0 radical (unpaired) electrons. The van der Waals surface area contributed by atoms with Crippen LogP contribution in [0, 0.1) is 11.6 Å². The van der Waals surface area contributed by atoms with E-state index in [4.69, 9.17) is 0 Å². The van der Waals surface area contributed by atoms with E-state index in [2.05, 4.69) is 22.5 Å². The van der Waals surface area contributed by atoms with Crippen molar-refractivity contribution < 1.29 is 13.6 Å². The maximum atomic E-state index is 13.2. The van der Waals surface area contributed by atoms with Crippen molar-refractivity contribution in [1.82, 2.24) is 0 Å². The summed E-state index contributed by atoms with van der Waals surface area (Å²) in [5.41, 5.74) is 0.912. The number of carbonyl (C=O) groups is 1. The Balaban J connectivity index is 3.01. The molecular formula is C12H11BrF2O. The van der Waals surface area contributed by atoms with Gasteiger partial charge in [0.2, 0.25) is 0 Å². The van der Waals surface area contributed by atoms with Crippen LogP contribution in [-0.4, -0.2) is 5.78 Å². The third-order valence-electron chi connectivity index (χ3n) is 2.25. The first-order valence-corrected chi connectivity index (χ1v) is 5.60. The first-order valence-electron chi connectivity index (χ1n) is 4.80. The van der Waals surface area contributed by atoms with E-state index in [9.17, 15) is 13.6 Å².